The molecule has 120 valence electrons. The van der Waals surface area contributed by atoms with Crippen molar-refractivity contribution in [1.82, 2.24) is 10.3 Å². The first-order chi connectivity index (χ1) is 11.1. The fourth-order valence-corrected chi connectivity index (χ4v) is 2.01. The molecule has 0 saturated heterocycles. The number of amides is 1. The Balaban J connectivity index is 1.90. The number of aromatic nitrogens is 1. The molecular formula is C19H22N2O2. The third kappa shape index (κ3) is 6.04. The van der Waals surface area contributed by atoms with E-state index in [-0.39, 0.29) is 12.0 Å². The zero-order valence-corrected chi connectivity index (χ0v) is 13.5. The van der Waals surface area contributed by atoms with E-state index < -0.39 is 0 Å². The number of hydrogen-bond donors (Lipinski definition) is 1. The van der Waals surface area contributed by atoms with Crippen molar-refractivity contribution >= 4 is 12.0 Å². The van der Waals surface area contributed by atoms with Crippen LogP contribution in [0.1, 0.15) is 30.5 Å². The van der Waals surface area contributed by atoms with Gasteiger partial charge in [-0.15, -0.1) is 0 Å². The minimum atomic E-state index is -0.131. The summed E-state index contributed by atoms with van der Waals surface area (Å²) >= 11 is 0. The molecular weight excluding hydrogens is 288 g/mol. The Morgan fingerprint density at radius 2 is 2.00 bits per heavy atom. The normalized spacial score (nSPS) is 11.1. The van der Waals surface area contributed by atoms with Crippen molar-refractivity contribution < 1.29 is 9.53 Å². The molecule has 4 nitrogen and oxygen atoms in total. The van der Waals surface area contributed by atoms with Crippen molar-refractivity contribution in [1.29, 1.82) is 0 Å². The van der Waals surface area contributed by atoms with E-state index in [9.17, 15) is 4.79 Å². The lowest BCUT2D eigenvalue weighted by atomic mass is 10.1. The molecule has 0 aliphatic rings. The zero-order chi connectivity index (χ0) is 16.5. The maximum absolute atomic E-state index is 11.9. The van der Waals surface area contributed by atoms with E-state index in [0.29, 0.717) is 13.2 Å². The molecule has 1 aromatic heterocycles. The van der Waals surface area contributed by atoms with Gasteiger partial charge in [0.05, 0.1) is 12.7 Å². The van der Waals surface area contributed by atoms with Crippen molar-refractivity contribution in [3.63, 3.8) is 0 Å². The highest BCUT2D eigenvalue weighted by Crippen LogP contribution is 2.11. The van der Waals surface area contributed by atoms with E-state index in [1.807, 2.05) is 50.2 Å². The minimum Gasteiger partial charge on any atom is -0.374 e. The van der Waals surface area contributed by atoms with Crippen LogP contribution in [-0.4, -0.2) is 17.0 Å². The first-order valence-electron chi connectivity index (χ1n) is 7.69. The lowest BCUT2D eigenvalue weighted by Gasteiger charge is -2.12. The Bertz CT molecular complexity index is 651. The molecule has 0 fully saturated rings. The van der Waals surface area contributed by atoms with Crippen LogP contribution in [0.25, 0.3) is 6.08 Å². The van der Waals surface area contributed by atoms with Crippen LogP contribution in [-0.2, 0) is 22.7 Å². The van der Waals surface area contributed by atoms with Crippen LogP contribution in [0.15, 0.2) is 54.9 Å². The van der Waals surface area contributed by atoms with Crippen molar-refractivity contribution in [2.24, 2.45) is 0 Å². The lowest BCUT2D eigenvalue weighted by molar-refractivity contribution is -0.116. The van der Waals surface area contributed by atoms with E-state index >= 15 is 0 Å². The smallest absolute Gasteiger partial charge is 0.244 e. The van der Waals surface area contributed by atoms with Crippen molar-refractivity contribution in [2.75, 3.05) is 0 Å². The molecule has 0 radical (unpaired) electrons. The second kappa shape index (κ2) is 8.86. The number of carbonyl (C=O) groups excluding carboxylic acids is 1. The van der Waals surface area contributed by atoms with E-state index in [1.54, 1.807) is 18.5 Å². The van der Waals surface area contributed by atoms with Gasteiger partial charge >= 0.3 is 0 Å². The Labute approximate surface area is 137 Å². The summed E-state index contributed by atoms with van der Waals surface area (Å²) in [7, 11) is 0. The van der Waals surface area contributed by atoms with Gasteiger partial charge in [0.25, 0.3) is 0 Å². The van der Waals surface area contributed by atoms with Crippen molar-refractivity contribution in [2.45, 2.75) is 33.1 Å². The van der Waals surface area contributed by atoms with Crippen LogP contribution in [0.4, 0.5) is 0 Å². The predicted molar refractivity (Wildman–Crippen MR) is 91.5 cm³/mol. The van der Waals surface area contributed by atoms with Crippen LogP contribution >= 0.6 is 0 Å². The quantitative estimate of drug-likeness (QED) is 0.798. The van der Waals surface area contributed by atoms with Crippen molar-refractivity contribution in [3.05, 3.63) is 71.6 Å². The molecule has 0 bridgehead atoms. The molecule has 0 spiro atoms. The predicted octanol–water partition coefficient (Wildman–Crippen LogP) is 3.34. The number of hydrogen-bond acceptors (Lipinski definition) is 3. The van der Waals surface area contributed by atoms with Crippen molar-refractivity contribution in [3.8, 4) is 0 Å². The molecule has 23 heavy (non-hydrogen) atoms. The summed E-state index contributed by atoms with van der Waals surface area (Å²) in [6.45, 7) is 5.05. The number of nitrogens with zero attached hydrogens (tertiary/aromatic N) is 1. The van der Waals surface area contributed by atoms with Gasteiger partial charge in [0.1, 0.15) is 0 Å². The highest BCUT2D eigenvalue weighted by atomic mass is 16.5. The van der Waals surface area contributed by atoms with Gasteiger partial charge in [0.2, 0.25) is 5.91 Å². The Kier molecular flexibility index (Phi) is 6.51. The van der Waals surface area contributed by atoms with Gasteiger partial charge in [-0.2, -0.15) is 0 Å². The molecule has 1 aromatic carbocycles. The summed E-state index contributed by atoms with van der Waals surface area (Å²) in [4.78, 5) is 15.9. The standard InChI is InChI=1S/C19H22N2O2/c1-15(2)23-14-18-8-4-3-7-17(18)13-21-19(22)10-9-16-6-5-11-20-12-16/h3-12,15H,13-14H2,1-2H3,(H,21,22)/b10-9+. The van der Waals surface area contributed by atoms with Gasteiger partial charge in [-0.05, 0) is 42.7 Å². The third-order valence-corrected chi connectivity index (χ3v) is 3.26. The first-order valence-corrected chi connectivity index (χ1v) is 7.69. The number of benzene rings is 1. The Morgan fingerprint density at radius 1 is 1.22 bits per heavy atom. The summed E-state index contributed by atoms with van der Waals surface area (Å²) in [6.07, 6.45) is 6.86. The third-order valence-electron chi connectivity index (χ3n) is 3.26. The average Bonchev–Trinajstić information content (AvgIpc) is 2.58. The number of nitrogens with one attached hydrogen (secondary N) is 1. The molecule has 2 rings (SSSR count). The molecule has 1 heterocycles. The minimum absolute atomic E-state index is 0.131. The molecule has 0 unspecified atom stereocenters. The Hall–Kier alpha value is -2.46. The van der Waals surface area contributed by atoms with Gasteiger partial charge < -0.3 is 10.1 Å². The van der Waals surface area contributed by atoms with E-state index in [1.165, 1.54) is 6.08 Å². The maximum atomic E-state index is 11.9. The average molecular weight is 310 g/mol. The topological polar surface area (TPSA) is 51.2 Å². The summed E-state index contributed by atoms with van der Waals surface area (Å²) < 4.78 is 5.65. The Morgan fingerprint density at radius 3 is 2.70 bits per heavy atom. The highest BCUT2D eigenvalue weighted by molar-refractivity contribution is 5.91. The van der Waals surface area contributed by atoms with E-state index in [2.05, 4.69) is 10.3 Å². The fraction of sp³-hybridized carbons (Fsp3) is 0.263. The maximum Gasteiger partial charge on any atom is 0.244 e. The molecule has 1 amide bonds. The largest absolute Gasteiger partial charge is 0.374 e. The number of carbonyl (C=O) groups is 1. The van der Waals surface area contributed by atoms with Crippen LogP contribution < -0.4 is 5.32 Å². The van der Waals surface area contributed by atoms with Gasteiger partial charge in [0.15, 0.2) is 0 Å². The van der Waals surface area contributed by atoms with Crippen LogP contribution in [0, 0.1) is 0 Å². The zero-order valence-electron chi connectivity index (χ0n) is 13.5. The van der Waals surface area contributed by atoms with Gasteiger partial charge in [-0.3, -0.25) is 9.78 Å². The fourth-order valence-electron chi connectivity index (χ4n) is 2.01. The van der Waals surface area contributed by atoms with Crippen LogP contribution in [0.5, 0.6) is 0 Å². The first kappa shape index (κ1) is 16.9. The monoisotopic (exact) mass is 310 g/mol. The SMILES string of the molecule is CC(C)OCc1ccccc1CNC(=O)/C=C/c1cccnc1. The molecule has 0 aliphatic carbocycles. The van der Waals surface area contributed by atoms with Crippen LogP contribution in [0.2, 0.25) is 0 Å². The molecule has 0 aliphatic heterocycles. The van der Waals surface area contributed by atoms with Gasteiger partial charge in [-0.25, -0.2) is 0 Å². The second-order valence-electron chi connectivity index (χ2n) is 5.47. The molecule has 2 aromatic rings. The highest BCUT2D eigenvalue weighted by Gasteiger charge is 2.04. The van der Waals surface area contributed by atoms with Crippen LogP contribution in [0.3, 0.4) is 0 Å². The van der Waals surface area contributed by atoms with E-state index in [4.69, 9.17) is 4.74 Å². The molecule has 1 N–H and O–H groups in total. The molecule has 0 saturated carbocycles. The second-order valence-corrected chi connectivity index (χ2v) is 5.47. The van der Waals surface area contributed by atoms with Gasteiger partial charge in [0, 0.05) is 25.0 Å². The summed E-state index contributed by atoms with van der Waals surface area (Å²) in [5.74, 6) is -0.131. The summed E-state index contributed by atoms with van der Waals surface area (Å²) in [5.41, 5.74) is 3.06. The lowest BCUT2D eigenvalue weighted by Crippen LogP contribution is -2.21. The number of pyridine rings is 1. The molecule has 4 heteroatoms. The summed E-state index contributed by atoms with van der Waals surface area (Å²) in [6, 6.07) is 11.7. The molecule has 0 atom stereocenters. The van der Waals surface area contributed by atoms with Gasteiger partial charge in [-0.1, -0.05) is 30.3 Å². The number of ether oxygens (including phenoxy) is 1. The van der Waals surface area contributed by atoms with E-state index in [0.717, 1.165) is 16.7 Å². The number of rotatable bonds is 7. The summed E-state index contributed by atoms with van der Waals surface area (Å²) in [5, 5.41) is 2.90.